The Bertz CT molecular complexity index is 2500. The largest absolute Gasteiger partial charge is 0.466 e. The fourth-order valence-corrected chi connectivity index (χ4v) is 12.5. The van der Waals surface area contributed by atoms with Crippen LogP contribution in [0.2, 0.25) is 0 Å². The van der Waals surface area contributed by atoms with Crippen LogP contribution >= 0.6 is 0 Å². The number of esters is 1. The Morgan fingerprint density at radius 1 is 0.527 bits per heavy atom. The van der Waals surface area contributed by atoms with Gasteiger partial charge in [0.15, 0.2) is 17.3 Å². The van der Waals surface area contributed by atoms with E-state index in [0.717, 1.165) is 21.1 Å². The van der Waals surface area contributed by atoms with Crippen molar-refractivity contribution in [2.75, 3.05) is 62.6 Å². The van der Waals surface area contributed by atoms with Crippen molar-refractivity contribution in [1.82, 2.24) is 40.0 Å². The number of unbranched alkanes of at least 4 members (excludes halogenated alkanes) is 1. The number of ether oxygens (including phenoxy) is 2. The number of amides is 8. The molecule has 0 aliphatic carbocycles. The topological polar surface area (TPSA) is 307 Å². The molecule has 1 saturated heterocycles. The minimum absolute atomic E-state index is 0.0441. The Labute approximate surface area is 556 Å². The van der Waals surface area contributed by atoms with Gasteiger partial charge in [0.1, 0.15) is 36.3 Å². The number of likely N-dealkylation sites (N-methyl/N-ethyl adjacent to an activating group) is 6. The van der Waals surface area contributed by atoms with E-state index in [1.54, 1.807) is 27.7 Å². The maximum atomic E-state index is 15.3. The normalized spacial score (nSPS) is 27.0. The van der Waals surface area contributed by atoms with Gasteiger partial charge in [0.2, 0.25) is 47.3 Å². The maximum Gasteiger partial charge on any atom is 0.302 e. The number of carbonyl (C=O) groups is 12. The zero-order valence-corrected chi connectivity index (χ0v) is 61.0. The molecule has 8 amide bonds. The van der Waals surface area contributed by atoms with Crippen molar-refractivity contribution in [3.8, 4) is 0 Å². The van der Waals surface area contributed by atoms with Gasteiger partial charge in [-0.3, -0.25) is 57.5 Å². The molecule has 24 heteroatoms. The molecule has 1 aliphatic rings. The molecular weight excluding hydrogens is 1200 g/mol. The fourth-order valence-electron chi connectivity index (χ4n) is 12.5. The van der Waals surface area contributed by atoms with Crippen LogP contribution in [0.3, 0.4) is 0 Å². The first-order chi connectivity index (χ1) is 43.0. The number of Topliss-reactive ketones (excluding diaryl/α,β-unsaturated/α-hetero) is 3. The molecule has 0 aromatic carbocycles. The van der Waals surface area contributed by atoms with Gasteiger partial charge in [0.05, 0.1) is 43.4 Å². The van der Waals surface area contributed by atoms with Gasteiger partial charge in [0, 0.05) is 87.4 Å². The average Bonchev–Trinajstić information content (AvgIpc) is 0.818. The van der Waals surface area contributed by atoms with E-state index in [0.29, 0.717) is 12.8 Å². The van der Waals surface area contributed by atoms with Crippen molar-refractivity contribution in [2.45, 2.75) is 249 Å². The van der Waals surface area contributed by atoms with Crippen molar-refractivity contribution < 1.29 is 77.2 Å². The molecule has 15 atom stereocenters. The number of carbonyl (C=O) groups excluding carboxylic acids is 12. The van der Waals surface area contributed by atoms with Gasteiger partial charge in [-0.2, -0.15) is 0 Å². The minimum Gasteiger partial charge on any atom is -0.466 e. The van der Waals surface area contributed by atoms with E-state index < -0.39 is 173 Å². The number of aliphatic hydroxyl groups excluding tert-OH is 2. The van der Waals surface area contributed by atoms with Gasteiger partial charge in [-0.15, -0.1) is 0 Å². The molecule has 0 bridgehead atoms. The third kappa shape index (κ3) is 25.7. The summed E-state index contributed by atoms with van der Waals surface area (Å²) in [6.45, 7) is 28.6. The van der Waals surface area contributed by atoms with E-state index in [2.05, 4.69) is 10.6 Å². The van der Waals surface area contributed by atoms with Crippen LogP contribution in [-0.2, 0) is 67.0 Å². The zero-order chi connectivity index (χ0) is 72.0. The molecule has 0 unspecified atom stereocenters. The van der Waals surface area contributed by atoms with Crippen molar-refractivity contribution in [3.05, 3.63) is 0 Å². The highest BCUT2D eigenvalue weighted by molar-refractivity contribution is 6.00. The first-order valence-electron chi connectivity index (χ1n) is 33.8. The molecular formula is C69H122N8O16. The average molecular weight is 1320 g/mol. The molecule has 4 N–H and O–H groups in total. The third-order valence-electron chi connectivity index (χ3n) is 18.0. The summed E-state index contributed by atoms with van der Waals surface area (Å²) in [7, 11) is 9.62. The lowest BCUT2D eigenvalue weighted by molar-refractivity contribution is -0.156. The standard InChI is InChI=1S/C69H122N8O16/c1-25-26-27-44(13)61(83)60-58(82)35-50(47(16)78)66(88)75(21)55(37-92-24)68(90)73(19)53(31-41(8)9)57(81)34-49(28-38(2)3)65(87)72(18)52(30-40(6)7)56(80)33-45(14)62(84)70-46(15)64(86)74(20)54(32-43(12)36-93-48(17)79)63(85)71-51(29-39(4)5)67(89)76(22)59(42(10)11)69(91)77(60)23/h38-47,49-55,59-61,78,83H,25-37H2,1-24H3,(H,70,84)(H,71,85)/t43-,44+,45+,46+,47+,49+,50-,51-,52-,53-,54-,55-,59-,60+,61+/m0/s1. The second kappa shape index (κ2) is 39.9. The molecule has 1 fully saturated rings. The highest BCUT2D eigenvalue weighted by Gasteiger charge is 2.46. The molecule has 24 nitrogen and oxygen atoms in total. The van der Waals surface area contributed by atoms with Crippen LogP contribution in [0.15, 0.2) is 0 Å². The number of nitrogens with zero attached hydrogens (tertiary/aromatic N) is 6. The summed E-state index contributed by atoms with van der Waals surface area (Å²) < 4.78 is 10.8. The molecule has 93 heavy (non-hydrogen) atoms. The SMILES string of the molecule is CCCC[C@@H](C)[C@@H](O)[C@H]1C(=O)C[C@@H]([C@@H](C)O)C(=O)N(C)[C@@H](COC)C(=O)N(C)[C@@H](CC(C)C)C(=O)C[C@@H](CC(C)C)C(=O)N(C)[C@@H](CC(C)C)C(=O)C[C@@H](C)C(=O)N[C@H](C)C(=O)N(C)[C@@H](C[C@H](C)COC(C)=O)C(=O)N[C@@H](CC(C)C)C(=O)N(C)[C@@H](C(C)C)C(=O)N1C. The Morgan fingerprint density at radius 3 is 1.48 bits per heavy atom. The lowest BCUT2D eigenvalue weighted by Crippen LogP contribution is -2.62. The second-order valence-corrected chi connectivity index (χ2v) is 28.9. The summed E-state index contributed by atoms with van der Waals surface area (Å²) in [6, 6.07) is -10.5. The molecule has 0 spiro atoms. The molecule has 1 heterocycles. The number of hydrogen-bond donors (Lipinski definition) is 4. The number of methoxy groups -OCH3 is 1. The summed E-state index contributed by atoms with van der Waals surface area (Å²) in [5.41, 5.74) is 0. The second-order valence-electron chi connectivity index (χ2n) is 28.9. The summed E-state index contributed by atoms with van der Waals surface area (Å²) in [5.74, 6) is -14.0. The van der Waals surface area contributed by atoms with E-state index in [9.17, 15) is 53.4 Å². The van der Waals surface area contributed by atoms with Gasteiger partial charge in [0.25, 0.3) is 0 Å². The minimum atomic E-state index is -1.64. The number of nitrogens with one attached hydrogen (secondary N) is 2. The van der Waals surface area contributed by atoms with Crippen molar-refractivity contribution in [3.63, 3.8) is 0 Å². The van der Waals surface area contributed by atoms with Gasteiger partial charge in [-0.25, -0.2) is 0 Å². The van der Waals surface area contributed by atoms with E-state index >= 15 is 14.4 Å². The highest BCUT2D eigenvalue weighted by Crippen LogP contribution is 2.30. The zero-order valence-electron chi connectivity index (χ0n) is 61.0. The van der Waals surface area contributed by atoms with E-state index in [-0.39, 0.29) is 81.8 Å². The fraction of sp³-hybridized carbons (Fsp3) is 0.826. The first-order valence-corrected chi connectivity index (χ1v) is 33.8. The van der Waals surface area contributed by atoms with Crippen molar-refractivity contribution >= 4 is 70.6 Å². The molecule has 1 aliphatic heterocycles. The van der Waals surface area contributed by atoms with Crippen LogP contribution in [0.25, 0.3) is 0 Å². The Balaban J connectivity index is 4.53. The van der Waals surface area contributed by atoms with Crippen molar-refractivity contribution in [1.29, 1.82) is 0 Å². The molecule has 0 radical (unpaired) electrons. The van der Waals surface area contributed by atoms with Crippen molar-refractivity contribution in [2.24, 2.45) is 59.2 Å². The monoisotopic (exact) mass is 1320 g/mol. The number of hydrogen-bond acceptors (Lipinski definition) is 16. The third-order valence-corrected chi connectivity index (χ3v) is 18.0. The smallest absolute Gasteiger partial charge is 0.302 e. The van der Waals surface area contributed by atoms with E-state index in [1.807, 2.05) is 62.3 Å². The van der Waals surface area contributed by atoms with Crippen LogP contribution in [0.5, 0.6) is 0 Å². The molecule has 0 saturated carbocycles. The maximum absolute atomic E-state index is 15.3. The summed E-state index contributed by atoms with van der Waals surface area (Å²) in [4.78, 5) is 182. The van der Waals surface area contributed by atoms with Crippen LogP contribution < -0.4 is 10.6 Å². The predicted molar refractivity (Wildman–Crippen MR) is 355 cm³/mol. The summed E-state index contributed by atoms with van der Waals surface area (Å²) in [5, 5.41) is 29.3. The summed E-state index contributed by atoms with van der Waals surface area (Å²) in [6.07, 6.45) is -2.11. The number of rotatable bonds is 21. The predicted octanol–water partition coefficient (Wildman–Crippen LogP) is 5.34. The Hall–Kier alpha value is -5.88. The van der Waals surface area contributed by atoms with E-state index in [1.165, 1.54) is 91.8 Å². The summed E-state index contributed by atoms with van der Waals surface area (Å²) >= 11 is 0. The van der Waals surface area contributed by atoms with Gasteiger partial charge in [-0.1, -0.05) is 110 Å². The molecule has 534 valence electrons. The highest BCUT2D eigenvalue weighted by atomic mass is 16.5. The van der Waals surface area contributed by atoms with Crippen LogP contribution in [0, 0.1) is 59.2 Å². The quantitative estimate of drug-likeness (QED) is 0.105. The molecule has 0 aromatic rings. The van der Waals surface area contributed by atoms with E-state index in [4.69, 9.17) is 9.47 Å². The first kappa shape index (κ1) is 85.1. The molecule has 1 rings (SSSR count). The lowest BCUT2D eigenvalue weighted by Gasteiger charge is -2.40. The Morgan fingerprint density at radius 2 is 1.01 bits per heavy atom. The van der Waals surface area contributed by atoms with Gasteiger partial charge in [-0.05, 0) is 93.8 Å². The number of ketones is 3. The van der Waals surface area contributed by atoms with Crippen LogP contribution in [0.4, 0.5) is 0 Å². The Kier molecular flexibility index (Phi) is 36.5. The van der Waals surface area contributed by atoms with Crippen LogP contribution in [-0.4, -0.2) is 233 Å². The molecule has 0 aromatic heterocycles. The van der Waals surface area contributed by atoms with Crippen LogP contribution in [0.1, 0.15) is 188 Å². The number of aliphatic hydroxyl groups is 2. The van der Waals surface area contributed by atoms with Gasteiger partial charge >= 0.3 is 5.97 Å². The lowest BCUT2D eigenvalue weighted by atomic mass is 9.85. The van der Waals surface area contributed by atoms with Gasteiger partial charge < -0.3 is 59.7 Å².